The summed E-state index contributed by atoms with van der Waals surface area (Å²) in [6.45, 7) is 1.10. The lowest BCUT2D eigenvalue weighted by atomic mass is 10.1. The molecule has 0 saturated carbocycles. The van der Waals surface area contributed by atoms with Crippen molar-refractivity contribution in [3.63, 3.8) is 0 Å². The van der Waals surface area contributed by atoms with E-state index in [1.165, 1.54) is 0 Å². The van der Waals surface area contributed by atoms with E-state index in [1.807, 2.05) is 54.4 Å². The van der Waals surface area contributed by atoms with Crippen molar-refractivity contribution in [3.8, 4) is 17.6 Å². The number of aromatic nitrogens is 1. The summed E-state index contributed by atoms with van der Waals surface area (Å²) in [5, 5.41) is 10.4. The van der Waals surface area contributed by atoms with Crippen molar-refractivity contribution in [1.82, 2.24) is 10.5 Å². The Morgan fingerprint density at radius 3 is 2.84 bits per heavy atom. The first-order valence-electron chi connectivity index (χ1n) is 12.5. The second-order valence-electron chi connectivity index (χ2n) is 8.79. The largest absolute Gasteiger partial charge is 0.493 e. The Morgan fingerprint density at radius 2 is 2.05 bits per heavy atom. The van der Waals surface area contributed by atoms with Crippen LogP contribution in [0.2, 0.25) is 0 Å². The number of fused-ring (bicyclic) bond motifs is 1. The predicted octanol–water partition coefficient (Wildman–Crippen LogP) is 5.01. The lowest BCUT2D eigenvalue weighted by Crippen LogP contribution is -2.33. The van der Waals surface area contributed by atoms with Gasteiger partial charge in [-0.15, -0.1) is 0 Å². The summed E-state index contributed by atoms with van der Waals surface area (Å²) >= 11 is 0. The maximum absolute atomic E-state index is 12.0. The summed E-state index contributed by atoms with van der Waals surface area (Å²) < 4.78 is 17.0. The number of nitriles is 1. The first-order chi connectivity index (χ1) is 18.1. The van der Waals surface area contributed by atoms with Crippen LogP contribution in [0.15, 0.2) is 48.5 Å². The maximum Gasteiger partial charge on any atom is 0.243 e. The third-order valence-electron chi connectivity index (χ3n) is 6.20. The lowest BCUT2D eigenvalue weighted by molar-refractivity contribution is -0.200. The number of hydrogen-bond donors (Lipinski definition) is 1. The molecule has 1 fully saturated rings. The molecule has 1 aliphatic heterocycles. The topological polar surface area (TPSA) is 106 Å². The Balaban J connectivity index is 1.34. The van der Waals surface area contributed by atoms with E-state index in [9.17, 15) is 10.1 Å². The van der Waals surface area contributed by atoms with Crippen LogP contribution in [-0.2, 0) is 14.4 Å². The van der Waals surface area contributed by atoms with Crippen molar-refractivity contribution < 1.29 is 23.8 Å². The highest BCUT2D eigenvalue weighted by atomic mass is 16.8. The number of methoxy groups -OCH3 is 1. The third-order valence-corrected chi connectivity index (χ3v) is 6.20. The number of para-hydroxylation sites is 1. The molecule has 1 aromatic heterocycles. The molecule has 0 radical (unpaired) electrons. The number of benzene rings is 2. The van der Waals surface area contributed by atoms with E-state index in [0.29, 0.717) is 49.7 Å². The number of anilines is 2. The van der Waals surface area contributed by atoms with Crippen LogP contribution in [0.5, 0.6) is 11.5 Å². The standard InChI is InChI=1S/C28H32N4O5/c1-32(24-17-20(19-29)30-23-10-4-3-9-22(23)24)21-13-14-25(34-2)26(18-21)35-15-7-5-11-27(33)31-37-28-12-6-8-16-36-28/h3-4,9-10,13-14,17-18,28H,5-8,11-12,15-16H2,1-2H3,(H,31,33). The molecule has 1 N–H and O–H groups in total. The van der Waals surface area contributed by atoms with Crippen LogP contribution in [0, 0.1) is 11.3 Å². The van der Waals surface area contributed by atoms with Gasteiger partial charge in [0.2, 0.25) is 5.91 Å². The normalized spacial score (nSPS) is 15.1. The molecule has 2 aromatic carbocycles. The fourth-order valence-corrected chi connectivity index (χ4v) is 4.17. The first kappa shape index (κ1) is 26.2. The van der Waals surface area contributed by atoms with Crippen LogP contribution in [0.4, 0.5) is 11.4 Å². The van der Waals surface area contributed by atoms with Gasteiger partial charge in [-0.25, -0.2) is 15.3 Å². The zero-order valence-electron chi connectivity index (χ0n) is 21.2. The van der Waals surface area contributed by atoms with Crippen LogP contribution in [0.3, 0.4) is 0 Å². The fourth-order valence-electron chi connectivity index (χ4n) is 4.17. The van der Waals surface area contributed by atoms with Gasteiger partial charge in [0.25, 0.3) is 0 Å². The van der Waals surface area contributed by atoms with Crippen molar-refractivity contribution in [3.05, 3.63) is 54.2 Å². The first-order valence-corrected chi connectivity index (χ1v) is 12.5. The van der Waals surface area contributed by atoms with Gasteiger partial charge in [-0.2, -0.15) is 5.26 Å². The minimum atomic E-state index is -0.351. The van der Waals surface area contributed by atoms with Crippen molar-refractivity contribution in [2.75, 3.05) is 32.3 Å². The van der Waals surface area contributed by atoms with Crippen LogP contribution < -0.4 is 19.9 Å². The number of carbonyl (C=O) groups excluding carboxylic acids is 1. The molecule has 1 atom stereocenters. The average molecular weight is 505 g/mol. The van der Waals surface area contributed by atoms with Gasteiger partial charge in [0.1, 0.15) is 11.8 Å². The molecular formula is C28H32N4O5. The number of hydroxylamine groups is 1. The highest BCUT2D eigenvalue weighted by molar-refractivity contribution is 5.94. The van der Waals surface area contributed by atoms with Crippen molar-refractivity contribution in [2.24, 2.45) is 0 Å². The Morgan fingerprint density at radius 1 is 1.19 bits per heavy atom. The Hall–Kier alpha value is -3.87. The van der Waals surface area contributed by atoms with Crippen LogP contribution in [0.1, 0.15) is 44.2 Å². The Labute approximate surface area is 216 Å². The number of carbonyl (C=O) groups is 1. The van der Waals surface area contributed by atoms with Gasteiger partial charge in [0.05, 0.1) is 24.9 Å². The van der Waals surface area contributed by atoms with Crippen LogP contribution >= 0.6 is 0 Å². The van der Waals surface area contributed by atoms with Gasteiger partial charge in [0, 0.05) is 43.6 Å². The maximum atomic E-state index is 12.0. The van der Waals surface area contributed by atoms with Gasteiger partial charge in [-0.05, 0) is 49.9 Å². The summed E-state index contributed by atoms with van der Waals surface area (Å²) in [6, 6.07) is 17.4. The van der Waals surface area contributed by atoms with Crippen LogP contribution in [-0.4, -0.2) is 44.6 Å². The molecular weight excluding hydrogens is 472 g/mol. The van der Waals surface area contributed by atoms with E-state index in [1.54, 1.807) is 13.2 Å². The average Bonchev–Trinajstić information content (AvgIpc) is 2.95. The number of unbranched alkanes of at least 4 members (excludes halogenated alkanes) is 1. The highest BCUT2D eigenvalue weighted by Gasteiger charge is 2.16. The van der Waals surface area contributed by atoms with Crippen LogP contribution in [0.25, 0.3) is 10.9 Å². The van der Waals surface area contributed by atoms with E-state index >= 15 is 0 Å². The number of nitrogens with one attached hydrogen (secondary N) is 1. The summed E-state index contributed by atoms with van der Waals surface area (Å²) in [7, 11) is 3.54. The monoisotopic (exact) mass is 504 g/mol. The van der Waals surface area contributed by atoms with Crippen molar-refractivity contribution in [2.45, 2.75) is 44.8 Å². The fraction of sp³-hybridized carbons (Fsp3) is 0.393. The summed E-state index contributed by atoms with van der Waals surface area (Å²) in [5.41, 5.74) is 5.33. The number of rotatable bonds is 11. The second kappa shape index (κ2) is 12.9. The number of amides is 1. The highest BCUT2D eigenvalue weighted by Crippen LogP contribution is 2.36. The predicted molar refractivity (Wildman–Crippen MR) is 140 cm³/mol. The summed E-state index contributed by atoms with van der Waals surface area (Å²) in [5.74, 6) is 1.05. The Bertz CT molecular complexity index is 1250. The minimum Gasteiger partial charge on any atom is -0.493 e. The summed E-state index contributed by atoms with van der Waals surface area (Å²) in [6.07, 6.45) is 4.20. The molecule has 3 aromatic rings. The zero-order chi connectivity index (χ0) is 26.0. The van der Waals surface area contributed by atoms with Gasteiger partial charge < -0.3 is 19.1 Å². The quantitative estimate of drug-likeness (QED) is 0.287. The molecule has 1 amide bonds. The van der Waals surface area contributed by atoms with Gasteiger partial charge in [0.15, 0.2) is 17.8 Å². The number of pyridine rings is 1. The molecule has 9 nitrogen and oxygen atoms in total. The number of ether oxygens (including phenoxy) is 3. The molecule has 194 valence electrons. The minimum absolute atomic E-state index is 0.170. The number of nitrogens with zero attached hydrogens (tertiary/aromatic N) is 3. The molecule has 2 heterocycles. The zero-order valence-corrected chi connectivity index (χ0v) is 21.2. The molecule has 9 heteroatoms. The molecule has 0 bridgehead atoms. The van der Waals surface area contributed by atoms with E-state index < -0.39 is 0 Å². The summed E-state index contributed by atoms with van der Waals surface area (Å²) in [4.78, 5) is 23.8. The lowest BCUT2D eigenvalue weighted by Gasteiger charge is -2.23. The third kappa shape index (κ3) is 6.88. The van der Waals surface area contributed by atoms with E-state index in [0.717, 1.165) is 41.5 Å². The molecule has 4 rings (SSSR count). The van der Waals surface area contributed by atoms with Crippen molar-refractivity contribution in [1.29, 1.82) is 5.26 Å². The van der Waals surface area contributed by atoms with Crippen molar-refractivity contribution >= 4 is 28.2 Å². The van der Waals surface area contributed by atoms with Gasteiger partial charge in [-0.3, -0.25) is 4.79 Å². The molecule has 0 spiro atoms. The molecule has 1 aliphatic rings. The van der Waals surface area contributed by atoms with E-state index in [-0.39, 0.29) is 12.2 Å². The number of hydrogen-bond acceptors (Lipinski definition) is 8. The van der Waals surface area contributed by atoms with Gasteiger partial charge in [-0.1, -0.05) is 18.2 Å². The van der Waals surface area contributed by atoms with E-state index in [4.69, 9.17) is 19.0 Å². The van der Waals surface area contributed by atoms with Gasteiger partial charge >= 0.3 is 0 Å². The molecule has 1 saturated heterocycles. The smallest absolute Gasteiger partial charge is 0.243 e. The molecule has 0 aliphatic carbocycles. The Kier molecular flexibility index (Phi) is 9.13. The SMILES string of the molecule is COc1ccc(N(C)c2cc(C#N)nc3ccccc23)cc1OCCCCC(=O)NOC1CCCCO1. The second-order valence-corrected chi connectivity index (χ2v) is 8.79. The molecule has 37 heavy (non-hydrogen) atoms. The molecule has 1 unspecified atom stereocenters. The van der Waals surface area contributed by atoms with E-state index in [2.05, 4.69) is 16.5 Å².